The van der Waals surface area contributed by atoms with E-state index in [9.17, 15) is 0 Å². The molecule has 0 saturated heterocycles. The van der Waals surface area contributed by atoms with Crippen LogP contribution in [-0.2, 0) is 5.41 Å². The second-order valence-corrected chi connectivity index (χ2v) is 11.8. The molecule has 3 nitrogen and oxygen atoms in total. The van der Waals surface area contributed by atoms with Gasteiger partial charge in [0.15, 0.2) is 0 Å². The summed E-state index contributed by atoms with van der Waals surface area (Å²) in [6.45, 7) is 0. The van der Waals surface area contributed by atoms with Crippen LogP contribution in [0.5, 0.6) is 0 Å². The van der Waals surface area contributed by atoms with Crippen molar-refractivity contribution in [3.05, 3.63) is 168 Å². The standard InChI is InChI=1S/C41H23FN2O/c42-25-16-18-27-26-9-1-3-11-31(26)41(33(27)22-25)32-21-24(35-12-5-7-19-43-35)15-17-28(32)39-34(41)23-30(36-13-6-8-20-44-36)38-29-10-2-4-14-37(29)45-40(38)39/h1-23H. The van der Waals surface area contributed by atoms with E-state index in [4.69, 9.17) is 9.40 Å². The van der Waals surface area contributed by atoms with Crippen molar-refractivity contribution in [1.82, 2.24) is 9.97 Å². The van der Waals surface area contributed by atoms with E-state index in [2.05, 4.69) is 59.6 Å². The van der Waals surface area contributed by atoms with Crippen molar-refractivity contribution < 1.29 is 8.81 Å². The zero-order valence-electron chi connectivity index (χ0n) is 24.0. The van der Waals surface area contributed by atoms with Crippen LogP contribution in [0.2, 0.25) is 0 Å². The Kier molecular flexibility index (Phi) is 4.82. The van der Waals surface area contributed by atoms with Crippen molar-refractivity contribution in [2.45, 2.75) is 5.41 Å². The minimum absolute atomic E-state index is 0.258. The van der Waals surface area contributed by atoms with E-state index < -0.39 is 5.41 Å². The van der Waals surface area contributed by atoms with Crippen LogP contribution in [0, 0.1) is 5.82 Å². The first-order valence-corrected chi connectivity index (χ1v) is 15.1. The van der Waals surface area contributed by atoms with E-state index >= 15 is 4.39 Å². The Balaban J connectivity index is 1.44. The van der Waals surface area contributed by atoms with Crippen molar-refractivity contribution in [1.29, 1.82) is 0 Å². The number of pyridine rings is 2. The number of hydrogen-bond donors (Lipinski definition) is 0. The van der Waals surface area contributed by atoms with Crippen LogP contribution in [0.3, 0.4) is 0 Å². The van der Waals surface area contributed by atoms with E-state index in [1.807, 2.05) is 73.1 Å². The van der Waals surface area contributed by atoms with Gasteiger partial charge >= 0.3 is 0 Å². The highest BCUT2D eigenvalue weighted by atomic mass is 19.1. The van der Waals surface area contributed by atoms with E-state index in [1.165, 1.54) is 0 Å². The maximum Gasteiger partial charge on any atom is 0.144 e. The van der Waals surface area contributed by atoms with Gasteiger partial charge in [0.1, 0.15) is 17.0 Å². The molecule has 0 amide bonds. The molecule has 0 aliphatic heterocycles. The fraction of sp³-hybridized carbons (Fsp3) is 0.0244. The van der Waals surface area contributed by atoms with Crippen molar-refractivity contribution in [3.8, 4) is 44.8 Å². The first-order chi connectivity index (χ1) is 22.2. The number of para-hydroxylation sites is 1. The largest absolute Gasteiger partial charge is 0.455 e. The minimum Gasteiger partial charge on any atom is -0.455 e. The first kappa shape index (κ1) is 24.6. The molecular weight excluding hydrogens is 555 g/mol. The van der Waals surface area contributed by atoms with Gasteiger partial charge in [0, 0.05) is 39.9 Å². The molecule has 8 aromatic rings. The lowest BCUT2D eigenvalue weighted by Gasteiger charge is -2.31. The zero-order valence-corrected chi connectivity index (χ0v) is 24.0. The van der Waals surface area contributed by atoms with Gasteiger partial charge in [-0.25, -0.2) is 4.39 Å². The van der Waals surface area contributed by atoms with Crippen LogP contribution in [0.4, 0.5) is 4.39 Å². The molecule has 2 aliphatic carbocycles. The first-order valence-electron chi connectivity index (χ1n) is 15.1. The van der Waals surface area contributed by atoms with E-state index in [-0.39, 0.29) is 5.82 Å². The minimum atomic E-state index is -0.778. The number of fused-ring (bicyclic) bond motifs is 14. The average molecular weight is 579 g/mol. The predicted molar refractivity (Wildman–Crippen MR) is 176 cm³/mol. The molecule has 1 spiro atoms. The molecule has 0 fully saturated rings. The lowest BCUT2D eigenvalue weighted by atomic mass is 9.70. The van der Waals surface area contributed by atoms with E-state index in [0.29, 0.717) is 0 Å². The number of rotatable bonds is 2. The molecule has 3 aromatic heterocycles. The van der Waals surface area contributed by atoms with Gasteiger partial charge in [-0.1, -0.05) is 72.8 Å². The fourth-order valence-electron chi connectivity index (χ4n) is 7.93. The van der Waals surface area contributed by atoms with Gasteiger partial charge in [-0.05, 0) is 93.5 Å². The molecule has 0 bridgehead atoms. The molecule has 0 saturated carbocycles. The average Bonchev–Trinajstić information content (AvgIpc) is 3.72. The van der Waals surface area contributed by atoms with Crippen molar-refractivity contribution in [2.24, 2.45) is 0 Å². The quantitative estimate of drug-likeness (QED) is 0.205. The number of furan rings is 1. The number of nitrogens with zero attached hydrogens (tertiary/aromatic N) is 2. The molecule has 1 unspecified atom stereocenters. The third-order valence-electron chi connectivity index (χ3n) is 9.66. The Morgan fingerprint density at radius 3 is 2.09 bits per heavy atom. The molecule has 210 valence electrons. The topological polar surface area (TPSA) is 38.9 Å². The molecule has 0 N–H and O–H groups in total. The molecule has 4 heteroatoms. The van der Waals surface area contributed by atoms with Crippen LogP contribution in [0.15, 0.2) is 144 Å². The number of halogens is 1. The van der Waals surface area contributed by atoms with Crippen LogP contribution < -0.4 is 0 Å². The molecule has 5 aromatic carbocycles. The Morgan fingerprint density at radius 2 is 1.24 bits per heavy atom. The third kappa shape index (κ3) is 3.13. The van der Waals surface area contributed by atoms with Crippen LogP contribution in [0.1, 0.15) is 22.3 Å². The molecule has 1 atom stereocenters. The van der Waals surface area contributed by atoms with Gasteiger partial charge in [0.05, 0.1) is 16.8 Å². The summed E-state index contributed by atoms with van der Waals surface area (Å²) in [4.78, 5) is 9.51. The van der Waals surface area contributed by atoms with Crippen molar-refractivity contribution >= 4 is 21.9 Å². The van der Waals surface area contributed by atoms with Gasteiger partial charge in [-0.2, -0.15) is 0 Å². The summed E-state index contributed by atoms with van der Waals surface area (Å²) >= 11 is 0. The highest BCUT2D eigenvalue weighted by molar-refractivity contribution is 6.18. The van der Waals surface area contributed by atoms with E-state index in [0.717, 1.165) is 89.0 Å². The highest BCUT2D eigenvalue weighted by Crippen LogP contribution is 2.65. The van der Waals surface area contributed by atoms with Crippen LogP contribution >= 0.6 is 0 Å². The van der Waals surface area contributed by atoms with E-state index in [1.54, 1.807) is 12.1 Å². The number of benzene rings is 5. The zero-order chi connectivity index (χ0) is 29.7. The summed E-state index contributed by atoms with van der Waals surface area (Å²) in [6, 6.07) is 42.8. The van der Waals surface area contributed by atoms with Gasteiger partial charge < -0.3 is 4.42 Å². The molecule has 45 heavy (non-hydrogen) atoms. The normalized spacial score (nSPS) is 15.8. The lowest BCUT2D eigenvalue weighted by molar-refractivity contribution is 0.622. The van der Waals surface area contributed by atoms with Crippen LogP contribution in [-0.4, -0.2) is 9.97 Å². The third-order valence-corrected chi connectivity index (χ3v) is 9.66. The van der Waals surface area contributed by atoms with Gasteiger partial charge in [-0.3, -0.25) is 9.97 Å². The Morgan fingerprint density at radius 1 is 0.533 bits per heavy atom. The number of hydrogen-bond acceptors (Lipinski definition) is 3. The molecule has 2 aliphatic rings. The Hall–Kier alpha value is -5.87. The monoisotopic (exact) mass is 578 g/mol. The van der Waals surface area contributed by atoms with Crippen molar-refractivity contribution in [3.63, 3.8) is 0 Å². The molecule has 10 rings (SSSR count). The summed E-state index contributed by atoms with van der Waals surface area (Å²) < 4.78 is 22.2. The molecule has 3 heterocycles. The summed E-state index contributed by atoms with van der Waals surface area (Å²) in [5, 5.41) is 2.08. The van der Waals surface area contributed by atoms with Gasteiger partial charge in [0.25, 0.3) is 0 Å². The smallest absolute Gasteiger partial charge is 0.144 e. The van der Waals surface area contributed by atoms with Crippen molar-refractivity contribution in [2.75, 3.05) is 0 Å². The summed E-state index contributed by atoms with van der Waals surface area (Å²) in [5.74, 6) is -0.258. The summed E-state index contributed by atoms with van der Waals surface area (Å²) in [6.07, 6.45) is 3.65. The summed E-state index contributed by atoms with van der Waals surface area (Å²) in [7, 11) is 0. The SMILES string of the molecule is Fc1ccc2c(c1)C1(c3ccccc3-2)c2cc(-c3ccccn3)ccc2-c2c1cc(-c1ccccn1)c1c2oc2ccccc21. The summed E-state index contributed by atoms with van der Waals surface area (Å²) in [5.41, 5.74) is 13.1. The maximum absolute atomic E-state index is 15.4. The van der Waals surface area contributed by atoms with Gasteiger partial charge in [-0.15, -0.1) is 0 Å². The second-order valence-electron chi connectivity index (χ2n) is 11.8. The second kappa shape index (κ2) is 8.84. The van der Waals surface area contributed by atoms with Gasteiger partial charge in [0.2, 0.25) is 0 Å². The Labute approximate surface area is 258 Å². The predicted octanol–water partition coefficient (Wildman–Crippen LogP) is 10.2. The molecule has 0 radical (unpaired) electrons. The highest BCUT2D eigenvalue weighted by Gasteiger charge is 2.53. The van der Waals surface area contributed by atoms with Crippen LogP contribution in [0.25, 0.3) is 66.7 Å². The maximum atomic E-state index is 15.4. The lowest BCUT2D eigenvalue weighted by Crippen LogP contribution is -2.26. The number of aromatic nitrogens is 2. The Bertz CT molecular complexity index is 2500. The fourth-order valence-corrected chi connectivity index (χ4v) is 7.93. The molecular formula is C41H23FN2O.